The summed E-state index contributed by atoms with van der Waals surface area (Å²) in [6.45, 7) is 4.79. The van der Waals surface area contributed by atoms with Crippen molar-refractivity contribution in [3.63, 3.8) is 0 Å². The van der Waals surface area contributed by atoms with Crippen molar-refractivity contribution in [3.8, 4) is 5.69 Å². The number of amides is 2. The molecule has 8 heteroatoms. The van der Waals surface area contributed by atoms with Crippen LogP contribution in [-0.2, 0) is 9.59 Å². The Labute approximate surface area is 144 Å². The second kappa shape index (κ2) is 6.60. The number of aromatic nitrogens is 3. The average molecular weight is 348 g/mol. The fraction of sp³-hybridized carbons (Fsp3) is 0.375. The van der Waals surface area contributed by atoms with Gasteiger partial charge in [-0.2, -0.15) is 5.10 Å². The molecule has 2 amide bonds. The molecule has 0 N–H and O–H groups in total. The maximum absolute atomic E-state index is 12.7. The standard InChI is InChI=1S/C16H18ClN5O2/c1-3-21(16(24)12-8-20(9-12)11(2)23)14-10-22(19-15(14)17)13-5-4-6-18-7-13/h4-7,10,12H,3,8-9H2,1-2H3. The van der Waals surface area contributed by atoms with Crippen molar-refractivity contribution in [2.45, 2.75) is 13.8 Å². The van der Waals surface area contributed by atoms with Crippen LogP contribution in [0.1, 0.15) is 13.8 Å². The number of halogens is 1. The summed E-state index contributed by atoms with van der Waals surface area (Å²) in [6, 6.07) is 3.66. The molecule has 1 fully saturated rings. The second-order valence-electron chi connectivity index (χ2n) is 5.66. The highest BCUT2D eigenvalue weighted by Crippen LogP contribution is 2.29. The van der Waals surface area contributed by atoms with E-state index in [1.165, 1.54) is 6.92 Å². The van der Waals surface area contributed by atoms with E-state index in [9.17, 15) is 9.59 Å². The van der Waals surface area contributed by atoms with Crippen molar-refractivity contribution < 1.29 is 9.59 Å². The monoisotopic (exact) mass is 347 g/mol. The Kier molecular flexibility index (Phi) is 4.53. The summed E-state index contributed by atoms with van der Waals surface area (Å²) in [5, 5.41) is 4.52. The smallest absolute Gasteiger partial charge is 0.233 e. The zero-order chi connectivity index (χ0) is 17.3. The number of anilines is 1. The van der Waals surface area contributed by atoms with Gasteiger partial charge in [-0.3, -0.25) is 14.6 Å². The third-order valence-corrected chi connectivity index (χ3v) is 4.38. The van der Waals surface area contributed by atoms with E-state index in [1.807, 2.05) is 13.0 Å². The molecule has 24 heavy (non-hydrogen) atoms. The lowest BCUT2D eigenvalue weighted by atomic mass is 9.98. The molecule has 0 saturated carbocycles. The van der Waals surface area contributed by atoms with Gasteiger partial charge in [-0.1, -0.05) is 11.6 Å². The fourth-order valence-electron chi connectivity index (χ4n) is 2.70. The minimum absolute atomic E-state index is 0.00970. The quantitative estimate of drug-likeness (QED) is 0.844. The Morgan fingerprint density at radius 1 is 1.42 bits per heavy atom. The molecule has 0 bridgehead atoms. The molecule has 3 rings (SSSR count). The summed E-state index contributed by atoms with van der Waals surface area (Å²) in [4.78, 5) is 31.3. The van der Waals surface area contributed by atoms with Crippen molar-refractivity contribution in [1.82, 2.24) is 19.7 Å². The van der Waals surface area contributed by atoms with Crippen LogP contribution in [0.5, 0.6) is 0 Å². The lowest BCUT2D eigenvalue weighted by Gasteiger charge is -2.39. The highest BCUT2D eigenvalue weighted by Gasteiger charge is 2.37. The molecule has 0 aromatic carbocycles. The predicted octanol–water partition coefficient (Wildman–Crippen LogP) is 1.75. The normalized spacial score (nSPS) is 14.4. The van der Waals surface area contributed by atoms with Crippen molar-refractivity contribution in [2.75, 3.05) is 24.5 Å². The molecule has 1 aliphatic rings. The molecule has 0 spiro atoms. The number of carbonyl (C=O) groups is 2. The number of carbonyl (C=O) groups excluding carboxylic acids is 2. The first-order valence-electron chi connectivity index (χ1n) is 7.73. The van der Waals surface area contributed by atoms with Crippen molar-refractivity contribution in [3.05, 3.63) is 35.9 Å². The van der Waals surface area contributed by atoms with Crippen LogP contribution < -0.4 is 4.90 Å². The Morgan fingerprint density at radius 3 is 2.75 bits per heavy atom. The first-order valence-corrected chi connectivity index (χ1v) is 8.11. The first kappa shape index (κ1) is 16.4. The molecule has 126 valence electrons. The number of rotatable bonds is 4. The highest BCUT2D eigenvalue weighted by molar-refractivity contribution is 6.32. The van der Waals surface area contributed by atoms with Crippen LogP contribution in [0.25, 0.3) is 5.69 Å². The number of likely N-dealkylation sites (tertiary alicyclic amines) is 1. The summed E-state index contributed by atoms with van der Waals surface area (Å²) in [6.07, 6.45) is 5.07. The summed E-state index contributed by atoms with van der Waals surface area (Å²) < 4.78 is 1.60. The van der Waals surface area contributed by atoms with E-state index in [2.05, 4.69) is 10.1 Å². The van der Waals surface area contributed by atoms with Crippen LogP contribution in [0, 0.1) is 5.92 Å². The van der Waals surface area contributed by atoms with E-state index < -0.39 is 0 Å². The molecule has 0 atom stereocenters. The van der Waals surface area contributed by atoms with Gasteiger partial charge >= 0.3 is 0 Å². The van der Waals surface area contributed by atoms with Crippen molar-refractivity contribution in [1.29, 1.82) is 0 Å². The highest BCUT2D eigenvalue weighted by atomic mass is 35.5. The van der Waals surface area contributed by atoms with Crippen LogP contribution in [-0.4, -0.2) is 51.1 Å². The summed E-state index contributed by atoms with van der Waals surface area (Å²) in [7, 11) is 0. The van der Waals surface area contributed by atoms with Gasteiger partial charge in [0.05, 0.1) is 24.0 Å². The molecule has 1 aliphatic heterocycles. The maximum atomic E-state index is 12.7. The van der Waals surface area contributed by atoms with Crippen molar-refractivity contribution >= 4 is 29.1 Å². The number of pyridine rings is 1. The molecule has 1 saturated heterocycles. The Morgan fingerprint density at radius 2 is 2.17 bits per heavy atom. The van der Waals surface area contributed by atoms with E-state index in [-0.39, 0.29) is 22.9 Å². The predicted molar refractivity (Wildman–Crippen MR) is 90.1 cm³/mol. The van der Waals surface area contributed by atoms with E-state index >= 15 is 0 Å². The SMILES string of the molecule is CCN(C(=O)C1CN(C(C)=O)C1)c1cn(-c2cccnc2)nc1Cl. The van der Waals surface area contributed by atoms with Crippen LogP contribution >= 0.6 is 11.6 Å². The van der Waals surface area contributed by atoms with Gasteiger partial charge in [0, 0.05) is 32.8 Å². The lowest BCUT2D eigenvalue weighted by Crippen LogP contribution is -2.56. The number of hydrogen-bond donors (Lipinski definition) is 0. The van der Waals surface area contributed by atoms with Gasteiger partial charge in [0.2, 0.25) is 11.8 Å². The van der Waals surface area contributed by atoms with E-state index in [1.54, 1.807) is 39.1 Å². The van der Waals surface area contributed by atoms with Gasteiger partial charge in [-0.15, -0.1) is 0 Å². The first-order chi connectivity index (χ1) is 11.5. The lowest BCUT2D eigenvalue weighted by molar-refractivity contribution is -0.140. The molecule has 2 aromatic heterocycles. The fourth-order valence-corrected chi connectivity index (χ4v) is 2.94. The molecular weight excluding hydrogens is 330 g/mol. The van der Waals surface area contributed by atoms with Crippen molar-refractivity contribution in [2.24, 2.45) is 5.92 Å². The van der Waals surface area contributed by atoms with E-state index in [4.69, 9.17) is 11.6 Å². The van der Waals surface area contributed by atoms with Crippen LogP contribution in [0.2, 0.25) is 5.15 Å². The Bertz CT molecular complexity index is 755. The average Bonchev–Trinajstić information content (AvgIpc) is 2.89. The molecule has 3 heterocycles. The second-order valence-corrected chi connectivity index (χ2v) is 6.02. The summed E-state index contributed by atoms with van der Waals surface area (Å²) >= 11 is 6.25. The minimum atomic E-state index is -0.188. The van der Waals surface area contributed by atoms with Gasteiger partial charge in [-0.05, 0) is 19.1 Å². The van der Waals surface area contributed by atoms with Crippen LogP contribution in [0.4, 0.5) is 5.69 Å². The Balaban J connectivity index is 1.80. The number of nitrogens with zero attached hydrogens (tertiary/aromatic N) is 5. The topological polar surface area (TPSA) is 71.3 Å². The number of hydrogen-bond acceptors (Lipinski definition) is 4. The van der Waals surface area contributed by atoms with Gasteiger partial charge < -0.3 is 9.80 Å². The zero-order valence-corrected chi connectivity index (χ0v) is 14.3. The van der Waals surface area contributed by atoms with Gasteiger partial charge in [0.15, 0.2) is 5.15 Å². The zero-order valence-electron chi connectivity index (χ0n) is 13.5. The minimum Gasteiger partial charge on any atom is -0.341 e. The Hall–Kier alpha value is -2.41. The van der Waals surface area contributed by atoms with Gasteiger partial charge in [0.25, 0.3) is 0 Å². The maximum Gasteiger partial charge on any atom is 0.233 e. The van der Waals surface area contributed by atoms with Gasteiger partial charge in [0.1, 0.15) is 5.69 Å². The molecule has 7 nitrogen and oxygen atoms in total. The van der Waals surface area contributed by atoms with E-state index in [0.29, 0.717) is 25.3 Å². The van der Waals surface area contributed by atoms with Crippen LogP contribution in [0.3, 0.4) is 0 Å². The third-order valence-electron chi connectivity index (χ3n) is 4.11. The molecule has 0 aliphatic carbocycles. The third kappa shape index (κ3) is 2.99. The van der Waals surface area contributed by atoms with Gasteiger partial charge in [-0.25, -0.2) is 4.68 Å². The van der Waals surface area contributed by atoms with Crippen LogP contribution in [0.15, 0.2) is 30.7 Å². The summed E-state index contributed by atoms with van der Waals surface area (Å²) in [5.74, 6) is -0.237. The largest absolute Gasteiger partial charge is 0.341 e. The molecule has 0 unspecified atom stereocenters. The molecule has 2 aromatic rings. The van der Waals surface area contributed by atoms with E-state index in [0.717, 1.165) is 5.69 Å². The molecule has 0 radical (unpaired) electrons. The molecular formula is C16H18ClN5O2. The summed E-state index contributed by atoms with van der Waals surface area (Å²) in [5.41, 5.74) is 1.33.